The van der Waals surface area contributed by atoms with E-state index in [-0.39, 0.29) is 10.8 Å². The first kappa shape index (κ1) is 16.9. The van der Waals surface area contributed by atoms with Crippen LogP contribution in [0.5, 0.6) is 0 Å². The lowest BCUT2D eigenvalue weighted by Crippen LogP contribution is -2.47. The van der Waals surface area contributed by atoms with Crippen molar-refractivity contribution in [2.24, 2.45) is 0 Å². The number of carbonyl (C=O) groups is 1. The van der Waals surface area contributed by atoms with E-state index in [1.165, 1.54) is 12.1 Å². The Bertz CT molecular complexity index is 623. The lowest BCUT2D eigenvalue weighted by atomic mass is 10.2. The van der Waals surface area contributed by atoms with Crippen LogP contribution in [0.3, 0.4) is 0 Å². The molecular formula is C15H23N3O3S. The maximum atomic E-state index is 12.5. The number of benzene rings is 1. The number of likely N-dealkylation sites (N-methyl/N-ethyl adjacent to an activating group) is 1. The van der Waals surface area contributed by atoms with Gasteiger partial charge in [0.1, 0.15) is 0 Å². The predicted octanol–water partition coefficient (Wildman–Crippen LogP) is 0.762. The molecule has 1 heterocycles. The molecule has 1 amide bonds. The van der Waals surface area contributed by atoms with E-state index < -0.39 is 10.0 Å². The zero-order valence-electron chi connectivity index (χ0n) is 13.1. The first-order valence-electron chi connectivity index (χ1n) is 7.51. The Morgan fingerprint density at radius 1 is 1.23 bits per heavy atom. The smallest absolute Gasteiger partial charge is 0.253 e. The number of piperazine rings is 1. The highest BCUT2D eigenvalue weighted by Crippen LogP contribution is 2.14. The Balaban J connectivity index is 2.16. The topological polar surface area (TPSA) is 69.7 Å². The number of rotatable bonds is 5. The molecule has 1 N–H and O–H groups in total. The molecule has 1 aliphatic heterocycles. The molecular weight excluding hydrogens is 302 g/mol. The van der Waals surface area contributed by atoms with Crippen molar-refractivity contribution in [3.8, 4) is 0 Å². The lowest BCUT2D eigenvalue weighted by molar-refractivity contribution is 0.0664. The summed E-state index contributed by atoms with van der Waals surface area (Å²) in [5.74, 6) is -0.111. The van der Waals surface area contributed by atoms with Crippen LogP contribution in [0.25, 0.3) is 0 Å². The minimum absolute atomic E-state index is 0.111. The second kappa shape index (κ2) is 7.21. The summed E-state index contributed by atoms with van der Waals surface area (Å²) in [5, 5.41) is 0. The first-order valence-corrected chi connectivity index (χ1v) is 9.00. The van der Waals surface area contributed by atoms with Gasteiger partial charge in [0.25, 0.3) is 5.91 Å². The number of nitrogens with zero attached hydrogens (tertiary/aromatic N) is 2. The van der Waals surface area contributed by atoms with Crippen LogP contribution < -0.4 is 4.72 Å². The molecule has 0 atom stereocenters. The van der Waals surface area contributed by atoms with Gasteiger partial charge in [0.15, 0.2) is 0 Å². The van der Waals surface area contributed by atoms with E-state index in [0.29, 0.717) is 25.2 Å². The van der Waals surface area contributed by atoms with Gasteiger partial charge >= 0.3 is 0 Å². The van der Waals surface area contributed by atoms with Gasteiger partial charge in [-0.3, -0.25) is 4.79 Å². The van der Waals surface area contributed by atoms with Gasteiger partial charge in [0, 0.05) is 38.3 Å². The highest BCUT2D eigenvalue weighted by Gasteiger charge is 2.22. The quantitative estimate of drug-likeness (QED) is 0.868. The van der Waals surface area contributed by atoms with Crippen molar-refractivity contribution in [3.63, 3.8) is 0 Å². The van der Waals surface area contributed by atoms with Gasteiger partial charge < -0.3 is 9.80 Å². The van der Waals surface area contributed by atoms with Gasteiger partial charge in [-0.1, -0.05) is 13.0 Å². The number of hydrogen-bond acceptors (Lipinski definition) is 4. The van der Waals surface area contributed by atoms with Gasteiger partial charge in [-0.25, -0.2) is 13.1 Å². The average Bonchev–Trinajstić information content (AvgIpc) is 2.53. The molecule has 0 unspecified atom stereocenters. The molecule has 1 aromatic carbocycles. The van der Waals surface area contributed by atoms with E-state index in [0.717, 1.165) is 19.5 Å². The van der Waals surface area contributed by atoms with E-state index in [4.69, 9.17) is 0 Å². The van der Waals surface area contributed by atoms with E-state index >= 15 is 0 Å². The van der Waals surface area contributed by atoms with Gasteiger partial charge in [-0.15, -0.1) is 0 Å². The Labute approximate surface area is 132 Å². The van der Waals surface area contributed by atoms with Crippen LogP contribution in [0.15, 0.2) is 29.2 Å². The summed E-state index contributed by atoms with van der Waals surface area (Å²) in [4.78, 5) is 16.6. The van der Waals surface area contributed by atoms with E-state index in [2.05, 4.69) is 9.62 Å². The number of carbonyl (C=O) groups excluding carboxylic acids is 1. The van der Waals surface area contributed by atoms with Crippen molar-refractivity contribution in [2.75, 3.05) is 39.8 Å². The summed E-state index contributed by atoms with van der Waals surface area (Å²) in [6, 6.07) is 6.25. The van der Waals surface area contributed by atoms with E-state index in [1.54, 1.807) is 17.0 Å². The predicted molar refractivity (Wildman–Crippen MR) is 85.3 cm³/mol. The standard InChI is InChI=1S/C15H23N3O3S/c1-3-7-16-22(20,21)14-6-4-5-13(12-14)15(19)18-10-8-17(2)9-11-18/h4-6,12,16H,3,7-11H2,1-2H3. The molecule has 0 aliphatic carbocycles. The Morgan fingerprint density at radius 2 is 1.91 bits per heavy atom. The fourth-order valence-corrected chi connectivity index (χ4v) is 3.49. The second-order valence-corrected chi connectivity index (χ2v) is 7.29. The monoisotopic (exact) mass is 325 g/mol. The largest absolute Gasteiger partial charge is 0.336 e. The third kappa shape index (κ3) is 4.06. The van der Waals surface area contributed by atoms with Crippen LogP contribution >= 0.6 is 0 Å². The normalized spacial score (nSPS) is 16.7. The summed E-state index contributed by atoms with van der Waals surface area (Å²) >= 11 is 0. The zero-order valence-corrected chi connectivity index (χ0v) is 13.9. The summed E-state index contributed by atoms with van der Waals surface area (Å²) in [5.41, 5.74) is 0.420. The number of nitrogens with one attached hydrogen (secondary N) is 1. The summed E-state index contributed by atoms with van der Waals surface area (Å²) in [6.07, 6.45) is 0.721. The van der Waals surface area contributed by atoms with Crippen LogP contribution in [0.4, 0.5) is 0 Å². The van der Waals surface area contributed by atoms with Crippen LogP contribution in [0, 0.1) is 0 Å². The third-order valence-corrected chi connectivity index (χ3v) is 5.18. The Morgan fingerprint density at radius 3 is 2.55 bits per heavy atom. The number of hydrogen-bond donors (Lipinski definition) is 1. The molecule has 122 valence electrons. The van der Waals surface area contributed by atoms with Gasteiger partial charge in [-0.05, 0) is 31.7 Å². The second-order valence-electron chi connectivity index (χ2n) is 5.52. The van der Waals surface area contributed by atoms with Gasteiger partial charge in [0.05, 0.1) is 4.90 Å². The molecule has 2 rings (SSSR count). The maximum Gasteiger partial charge on any atom is 0.253 e. The highest BCUT2D eigenvalue weighted by molar-refractivity contribution is 7.89. The molecule has 0 saturated carbocycles. The van der Waals surface area contributed by atoms with Crippen LogP contribution in [0.1, 0.15) is 23.7 Å². The fraction of sp³-hybridized carbons (Fsp3) is 0.533. The van der Waals surface area contributed by atoms with Crippen LogP contribution in [0.2, 0.25) is 0 Å². The Kier molecular flexibility index (Phi) is 5.55. The van der Waals surface area contributed by atoms with E-state index in [1.807, 2.05) is 14.0 Å². The molecule has 0 bridgehead atoms. The maximum absolute atomic E-state index is 12.5. The number of amides is 1. The highest BCUT2D eigenvalue weighted by atomic mass is 32.2. The molecule has 22 heavy (non-hydrogen) atoms. The van der Waals surface area contributed by atoms with Crippen molar-refractivity contribution in [1.29, 1.82) is 0 Å². The number of sulfonamides is 1. The van der Waals surface area contributed by atoms with Crippen molar-refractivity contribution in [1.82, 2.24) is 14.5 Å². The summed E-state index contributed by atoms with van der Waals surface area (Å²) in [6.45, 7) is 5.29. The summed E-state index contributed by atoms with van der Waals surface area (Å²) < 4.78 is 26.8. The minimum Gasteiger partial charge on any atom is -0.336 e. The lowest BCUT2D eigenvalue weighted by Gasteiger charge is -2.32. The zero-order chi connectivity index (χ0) is 16.2. The van der Waals surface area contributed by atoms with Crippen LogP contribution in [-0.2, 0) is 10.0 Å². The molecule has 1 fully saturated rings. The molecule has 1 aliphatic rings. The average molecular weight is 325 g/mol. The fourth-order valence-electron chi connectivity index (χ4n) is 2.31. The molecule has 0 aromatic heterocycles. The van der Waals surface area contributed by atoms with Crippen molar-refractivity contribution < 1.29 is 13.2 Å². The third-order valence-electron chi connectivity index (χ3n) is 3.72. The van der Waals surface area contributed by atoms with Crippen molar-refractivity contribution in [3.05, 3.63) is 29.8 Å². The molecule has 1 saturated heterocycles. The minimum atomic E-state index is -3.55. The van der Waals surface area contributed by atoms with Crippen molar-refractivity contribution in [2.45, 2.75) is 18.2 Å². The van der Waals surface area contributed by atoms with Gasteiger partial charge in [-0.2, -0.15) is 0 Å². The molecule has 0 spiro atoms. The van der Waals surface area contributed by atoms with Crippen LogP contribution in [-0.4, -0.2) is 63.9 Å². The van der Waals surface area contributed by atoms with Gasteiger partial charge in [0.2, 0.25) is 10.0 Å². The first-order chi connectivity index (χ1) is 10.4. The Hall–Kier alpha value is -1.44. The molecule has 1 aromatic rings. The molecule has 7 heteroatoms. The SMILES string of the molecule is CCCNS(=O)(=O)c1cccc(C(=O)N2CCN(C)CC2)c1. The molecule has 6 nitrogen and oxygen atoms in total. The van der Waals surface area contributed by atoms with E-state index in [9.17, 15) is 13.2 Å². The molecule has 0 radical (unpaired) electrons. The summed E-state index contributed by atoms with van der Waals surface area (Å²) in [7, 11) is -1.52. The van der Waals surface area contributed by atoms with Crippen molar-refractivity contribution >= 4 is 15.9 Å².